The summed E-state index contributed by atoms with van der Waals surface area (Å²) in [6, 6.07) is 0. The van der Waals surface area contributed by atoms with E-state index in [1.165, 1.54) is 135 Å². The third-order valence-corrected chi connectivity index (χ3v) is 9.42. The molecule has 0 rings (SSSR count). The van der Waals surface area contributed by atoms with E-state index in [1.807, 2.05) is 0 Å². The highest BCUT2D eigenvalue weighted by molar-refractivity contribution is 7.47. The molecule has 0 aliphatic rings. The number of ether oxygens (including phenoxy) is 2. The lowest BCUT2D eigenvalue weighted by Crippen LogP contribution is -2.28. The fourth-order valence-corrected chi connectivity index (χ4v) is 6.29. The summed E-state index contributed by atoms with van der Waals surface area (Å²) in [4.78, 5) is 22.3. The van der Waals surface area contributed by atoms with Gasteiger partial charge >= 0.3 is 13.8 Å². The van der Waals surface area contributed by atoms with E-state index < -0.39 is 13.9 Å². The van der Waals surface area contributed by atoms with Gasteiger partial charge < -0.3 is 20.1 Å². The van der Waals surface area contributed by atoms with Crippen LogP contribution in [0.15, 0.2) is 12.2 Å². The van der Waals surface area contributed by atoms with Gasteiger partial charge in [-0.1, -0.05) is 154 Å². The molecule has 0 spiro atoms. The van der Waals surface area contributed by atoms with Crippen molar-refractivity contribution in [1.82, 2.24) is 0 Å². The molecular formula is C38H76NO7P. The number of hydrogen-bond donors (Lipinski definition) is 2. The van der Waals surface area contributed by atoms with E-state index >= 15 is 0 Å². The summed E-state index contributed by atoms with van der Waals surface area (Å²) in [6.45, 7) is 4.92. The van der Waals surface area contributed by atoms with Crippen LogP contribution in [0.1, 0.15) is 187 Å². The summed E-state index contributed by atoms with van der Waals surface area (Å²) >= 11 is 0. The average molecular weight is 690 g/mol. The minimum absolute atomic E-state index is 0.0931. The van der Waals surface area contributed by atoms with E-state index in [9.17, 15) is 14.3 Å². The van der Waals surface area contributed by atoms with E-state index in [2.05, 4.69) is 26.0 Å². The molecular weight excluding hydrogens is 613 g/mol. The molecule has 0 aromatic rings. The Balaban J connectivity index is 4.00. The number of rotatable bonds is 38. The van der Waals surface area contributed by atoms with Crippen molar-refractivity contribution in [2.24, 2.45) is 5.73 Å². The van der Waals surface area contributed by atoms with Crippen LogP contribution < -0.4 is 5.73 Å². The standard InChI is InChI=1S/C38H76NO7P/c1-3-5-7-9-11-13-15-16-17-18-19-20-21-22-24-26-28-30-33-43-35-37(36-45-47(41,42)44-34-32-39)46-38(40)31-29-27-25-23-14-12-10-8-6-4-2/h16-17,37H,3-15,18-36,39H2,1-2H3,(H,41,42)/b17-16-. The topological polar surface area (TPSA) is 117 Å². The van der Waals surface area contributed by atoms with Gasteiger partial charge in [-0.2, -0.15) is 0 Å². The Bertz CT molecular complexity index is 737. The lowest BCUT2D eigenvalue weighted by Gasteiger charge is -2.20. The zero-order valence-corrected chi connectivity index (χ0v) is 31.7. The molecule has 0 fully saturated rings. The maximum Gasteiger partial charge on any atom is 0.472 e. The monoisotopic (exact) mass is 690 g/mol. The highest BCUT2D eigenvalue weighted by Gasteiger charge is 2.25. The predicted molar refractivity (Wildman–Crippen MR) is 197 cm³/mol. The fraction of sp³-hybridized carbons (Fsp3) is 0.921. The maximum absolute atomic E-state index is 12.5. The quantitative estimate of drug-likeness (QED) is 0.0285. The van der Waals surface area contributed by atoms with Crippen LogP contribution >= 0.6 is 7.82 Å². The highest BCUT2D eigenvalue weighted by atomic mass is 31.2. The first-order valence-corrected chi connectivity index (χ1v) is 21.2. The van der Waals surface area contributed by atoms with Crippen molar-refractivity contribution in [2.75, 3.05) is 33.0 Å². The summed E-state index contributed by atoms with van der Waals surface area (Å²) < 4.78 is 33.3. The molecule has 2 atom stereocenters. The molecule has 0 aliphatic heterocycles. The smallest absolute Gasteiger partial charge is 0.457 e. The molecule has 8 nitrogen and oxygen atoms in total. The highest BCUT2D eigenvalue weighted by Crippen LogP contribution is 2.43. The summed E-state index contributed by atoms with van der Waals surface area (Å²) in [5, 5.41) is 0. The Morgan fingerprint density at radius 1 is 0.617 bits per heavy atom. The van der Waals surface area contributed by atoms with Crippen LogP contribution in [0.25, 0.3) is 0 Å². The van der Waals surface area contributed by atoms with E-state index in [1.54, 1.807) is 0 Å². The Kier molecular flexibility index (Phi) is 35.9. The Hall–Kier alpha value is -0.760. The number of esters is 1. The largest absolute Gasteiger partial charge is 0.472 e. The summed E-state index contributed by atoms with van der Waals surface area (Å²) in [7, 11) is -4.26. The molecule has 0 saturated heterocycles. The van der Waals surface area contributed by atoms with Crippen molar-refractivity contribution in [3.05, 3.63) is 12.2 Å². The van der Waals surface area contributed by atoms with Gasteiger partial charge in [-0.25, -0.2) is 4.57 Å². The van der Waals surface area contributed by atoms with Gasteiger partial charge in [-0.05, 0) is 38.5 Å². The normalized spacial score (nSPS) is 13.7. The predicted octanol–water partition coefficient (Wildman–Crippen LogP) is 11.1. The average Bonchev–Trinajstić information content (AvgIpc) is 3.06. The first kappa shape index (κ1) is 46.2. The van der Waals surface area contributed by atoms with Crippen LogP contribution in [-0.4, -0.2) is 49.9 Å². The van der Waals surface area contributed by atoms with Gasteiger partial charge in [0, 0.05) is 19.6 Å². The van der Waals surface area contributed by atoms with Gasteiger partial charge in [0.05, 0.1) is 19.8 Å². The number of carbonyl (C=O) groups excluding carboxylic acids is 1. The van der Waals surface area contributed by atoms with Crippen molar-refractivity contribution in [3.8, 4) is 0 Å². The number of hydrogen-bond acceptors (Lipinski definition) is 7. The van der Waals surface area contributed by atoms with Gasteiger partial charge in [0.2, 0.25) is 0 Å². The molecule has 3 N–H and O–H groups in total. The first-order valence-electron chi connectivity index (χ1n) is 19.7. The van der Waals surface area contributed by atoms with Crippen molar-refractivity contribution >= 4 is 13.8 Å². The Labute approximate surface area is 290 Å². The number of phosphoric acid groups is 1. The second-order valence-electron chi connectivity index (χ2n) is 13.1. The number of allylic oxidation sites excluding steroid dienone is 2. The van der Waals surface area contributed by atoms with Crippen molar-refractivity contribution < 1.29 is 32.8 Å². The van der Waals surface area contributed by atoms with E-state index in [4.69, 9.17) is 24.3 Å². The van der Waals surface area contributed by atoms with Gasteiger partial charge in [0.1, 0.15) is 6.10 Å². The molecule has 47 heavy (non-hydrogen) atoms. The zero-order valence-electron chi connectivity index (χ0n) is 30.8. The van der Waals surface area contributed by atoms with E-state index in [0.717, 1.165) is 32.1 Å². The molecule has 0 heterocycles. The third kappa shape index (κ3) is 36.3. The Morgan fingerprint density at radius 2 is 1.06 bits per heavy atom. The molecule has 0 bridgehead atoms. The molecule has 0 aromatic carbocycles. The molecule has 0 aromatic heterocycles. The van der Waals surface area contributed by atoms with Gasteiger partial charge in [0.15, 0.2) is 0 Å². The minimum atomic E-state index is -4.26. The second-order valence-corrected chi connectivity index (χ2v) is 14.6. The minimum Gasteiger partial charge on any atom is -0.457 e. The van der Waals surface area contributed by atoms with Crippen molar-refractivity contribution in [3.63, 3.8) is 0 Å². The van der Waals surface area contributed by atoms with Crippen LogP contribution in [0.4, 0.5) is 0 Å². The molecule has 0 saturated carbocycles. The van der Waals surface area contributed by atoms with Gasteiger partial charge in [-0.15, -0.1) is 0 Å². The number of phosphoric ester groups is 1. The molecule has 0 aliphatic carbocycles. The summed E-state index contributed by atoms with van der Waals surface area (Å²) in [5.41, 5.74) is 5.35. The number of carbonyl (C=O) groups is 1. The summed E-state index contributed by atoms with van der Waals surface area (Å²) in [5.74, 6) is -0.332. The van der Waals surface area contributed by atoms with Crippen LogP contribution in [-0.2, 0) is 27.9 Å². The lowest BCUT2D eigenvalue weighted by molar-refractivity contribution is -0.154. The van der Waals surface area contributed by atoms with E-state index in [0.29, 0.717) is 13.0 Å². The molecule has 0 radical (unpaired) electrons. The number of nitrogens with two attached hydrogens (primary N) is 1. The van der Waals surface area contributed by atoms with E-state index in [-0.39, 0.29) is 32.3 Å². The summed E-state index contributed by atoms with van der Waals surface area (Å²) in [6.07, 6.45) is 36.5. The molecule has 280 valence electrons. The van der Waals surface area contributed by atoms with Crippen molar-refractivity contribution in [1.29, 1.82) is 0 Å². The fourth-order valence-electron chi connectivity index (χ4n) is 5.52. The molecule has 9 heteroatoms. The first-order chi connectivity index (χ1) is 22.9. The lowest BCUT2D eigenvalue weighted by atomic mass is 10.1. The molecule has 0 amide bonds. The van der Waals surface area contributed by atoms with Gasteiger partial charge in [0.25, 0.3) is 0 Å². The van der Waals surface area contributed by atoms with Crippen LogP contribution in [0, 0.1) is 0 Å². The van der Waals surface area contributed by atoms with Crippen molar-refractivity contribution in [2.45, 2.75) is 193 Å². The second kappa shape index (κ2) is 36.5. The molecule has 2 unspecified atom stereocenters. The van der Waals surface area contributed by atoms with Crippen LogP contribution in [0.5, 0.6) is 0 Å². The third-order valence-electron chi connectivity index (χ3n) is 8.43. The number of unbranched alkanes of at least 4 members (excludes halogenated alkanes) is 23. The van der Waals surface area contributed by atoms with Crippen LogP contribution in [0.2, 0.25) is 0 Å². The zero-order chi connectivity index (χ0) is 34.5. The SMILES string of the molecule is CCCCCCCC/C=C\CCCCCCCCCCOCC(COP(=O)(O)OCCN)OC(=O)CCCCCCCCCCCC. The Morgan fingerprint density at radius 3 is 1.55 bits per heavy atom. The van der Waals surface area contributed by atoms with Gasteiger partial charge in [-0.3, -0.25) is 13.8 Å². The van der Waals surface area contributed by atoms with Crippen LogP contribution in [0.3, 0.4) is 0 Å². The maximum atomic E-state index is 12.5.